The number of nitrogens with two attached hydrogens (primary N) is 1. The molecular formula is C20H35N3O2. The highest BCUT2D eigenvalue weighted by molar-refractivity contribution is 5.74. The van der Waals surface area contributed by atoms with E-state index in [-0.39, 0.29) is 12.6 Å². The van der Waals surface area contributed by atoms with Gasteiger partial charge in [-0.15, -0.1) is 0 Å². The fourth-order valence-corrected chi connectivity index (χ4v) is 2.57. The minimum Gasteiger partial charge on any atom is -0.391 e. The Labute approximate surface area is 152 Å². The first-order chi connectivity index (χ1) is 11.6. The van der Waals surface area contributed by atoms with E-state index in [0.29, 0.717) is 18.9 Å². The van der Waals surface area contributed by atoms with E-state index in [1.165, 1.54) is 10.6 Å². The number of aliphatic hydroxyl groups excluding tert-OH is 1. The molecule has 1 aromatic carbocycles. The summed E-state index contributed by atoms with van der Waals surface area (Å²) in [4.78, 5) is 14.4. The molecule has 0 fully saturated rings. The standard InChI is InChI=1S/C20H35N3O2/c1-16(2)13-14-23(21)19(25)22(20(3,4)5)15-18(24)12-11-17-9-7-6-8-10-17/h6-10,16,18,24H,11-15,21H2,1-5H3/t18-/m1/s1. The van der Waals surface area contributed by atoms with Crippen LogP contribution in [0.25, 0.3) is 0 Å². The molecule has 2 amide bonds. The second-order valence-electron chi connectivity index (χ2n) is 8.12. The van der Waals surface area contributed by atoms with Crippen molar-refractivity contribution in [3.8, 4) is 0 Å². The van der Waals surface area contributed by atoms with Gasteiger partial charge in [-0.3, -0.25) is 5.01 Å². The quantitative estimate of drug-likeness (QED) is 0.429. The molecule has 0 bridgehead atoms. The maximum atomic E-state index is 12.7. The highest BCUT2D eigenvalue weighted by Crippen LogP contribution is 2.17. The van der Waals surface area contributed by atoms with Gasteiger partial charge in [0.15, 0.2) is 0 Å². The number of aryl methyl sites for hydroxylation is 1. The van der Waals surface area contributed by atoms with Crippen molar-refractivity contribution < 1.29 is 9.90 Å². The van der Waals surface area contributed by atoms with Crippen LogP contribution in [0.1, 0.15) is 53.0 Å². The number of urea groups is 1. The lowest BCUT2D eigenvalue weighted by Crippen LogP contribution is -2.56. The van der Waals surface area contributed by atoms with Crippen LogP contribution in [0.5, 0.6) is 0 Å². The van der Waals surface area contributed by atoms with Crippen molar-refractivity contribution in [3.05, 3.63) is 35.9 Å². The number of carbonyl (C=O) groups is 1. The molecule has 0 aromatic heterocycles. The van der Waals surface area contributed by atoms with Crippen LogP contribution in [-0.2, 0) is 6.42 Å². The molecule has 1 atom stereocenters. The monoisotopic (exact) mass is 349 g/mol. The summed E-state index contributed by atoms with van der Waals surface area (Å²) in [5.41, 5.74) is 0.785. The van der Waals surface area contributed by atoms with E-state index < -0.39 is 11.6 Å². The van der Waals surface area contributed by atoms with Gasteiger partial charge in [0.2, 0.25) is 0 Å². The number of carbonyl (C=O) groups excluding carboxylic acids is 1. The third kappa shape index (κ3) is 7.88. The number of aliphatic hydroxyl groups is 1. The van der Waals surface area contributed by atoms with Crippen molar-refractivity contribution in [1.29, 1.82) is 0 Å². The zero-order valence-corrected chi connectivity index (χ0v) is 16.4. The molecular weight excluding hydrogens is 314 g/mol. The predicted octanol–water partition coefficient (Wildman–Crippen LogP) is 3.42. The van der Waals surface area contributed by atoms with Crippen LogP contribution < -0.4 is 5.84 Å². The molecule has 0 aliphatic heterocycles. The topological polar surface area (TPSA) is 69.8 Å². The summed E-state index contributed by atoms with van der Waals surface area (Å²) < 4.78 is 0. The number of benzene rings is 1. The van der Waals surface area contributed by atoms with Gasteiger partial charge in [0.05, 0.1) is 6.10 Å². The van der Waals surface area contributed by atoms with Gasteiger partial charge in [-0.2, -0.15) is 0 Å². The molecule has 0 saturated carbocycles. The molecule has 0 unspecified atom stereocenters. The Balaban J connectivity index is 2.64. The number of rotatable bonds is 8. The number of hydrogen-bond donors (Lipinski definition) is 2. The molecule has 0 saturated heterocycles. The first kappa shape index (κ1) is 21.5. The van der Waals surface area contributed by atoms with Gasteiger partial charge < -0.3 is 10.0 Å². The molecule has 1 aromatic rings. The van der Waals surface area contributed by atoms with Crippen LogP contribution >= 0.6 is 0 Å². The summed E-state index contributed by atoms with van der Waals surface area (Å²) in [6, 6.07) is 9.83. The van der Waals surface area contributed by atoms with Crippen LogP contribution in [-0.4, -0.2) is 45.8 Å². The molecule has 0 heterocycles. The second-order valence-corrected chi connectivity index (χ2v) is 8.12. The molecule has 5 heteroatoms. The van der Waals surface area contributed by atoms with Gasteiger partial charge >= 0.3 is 6.03 Å². The third-order valence-corrected chi connectivity index (χ3v) is 4.24. The maximum Gasteiger partial charge on any atom is 0.334 e. The molecule has 3 N–H and O–H groups in total. The van der Waals surface area contributed by atoms with Gasteiger partial charge in [0.1, 0.15) is 0 Å². The fourth-order valence-electron chi connectivity index (χ4n) is 2.57. The van der Waals surface area contributed by atoms with E-state index in [4.69, 9.17) is 5.84 Å². The van der Waals surface area contributed by atoms with Crippen molar-refractivity contribution in [3.63, 3.8) is 0 Å². The largest absolute Gasteiger partial charge is 0.391 e. The second kappa shape index (κ2) is 9.78. The zero-order valence-electron chi connectivity index (χ0n) is 16.4. The van der Waals surface area contributed by atoms with Gasteiger partial charge in [-0.1, -0.05) is 44.2 Å². The van der Waals surface area contributed by atoms with Crippen molar-refractivity contribution in [2.75, 3.05) is 13.1 Å². The third-order valence-electron chi connectivity index (χ3n) is 4.24. The van der Waals surface area contributed by atoms with Crippen LogP contribution in [0.3, 0.4) is 0 Å². The SMILES string of the molecule is CC(C)CCN(N)C(=O)N(C[C@H](O)CCc1ccccc1)C(C)(C)C. The number of hydrazine groups is 1. The van der Waals surface area contributed by atoms with Crippen molar-refractivity contribution in [2.45, 2.75) is 65.5 Å². The van der Waals surface area contributed by atoms with E-state index in [0.717, 1.165) is 12.8 Å². The zero-order chi connectivity index (χ0) is 19.0. The molecule has 0 spiro atoms. The number of amides is 2. The average molecular weight is 350 g/mol. The van der Waals surface area contributed by atoms with Crippen molar-refractivity contribution in [1.82, 2.24) is 9.91 Å². The van der Waals surface area contributed by atoms with E-state index >= 15 is 0 Å². The summed E-state index contributed by atoms with van der Waals surface area (Å²) in [6.45, 7) is 10.9. The van der Waals surface area contributed by atoms with Gasteiger partial charge in [-0.05, 0) is 51.5 Å². The Hall–Kier alpha value is -1.59. The average Bonchev–Trinajstić information content (AvgIpc) is 2.55. The molecule has 0 aliphatic carbocycles. The minimum atomic E-state index is -0.582. The van der Waals surface area contributed by atoms with Crippen LogP contribution in [0.15, 0.2) is 30.3 Å². The van der Waals surface area contributed by atoms with Crippen molar-refractivity contribution in [2.24, 2.45) is 11.8 Å². The molecule has 0 radical (unpaired) electrons. The highest BCUT2D eigenvalue weighted by Gasteiger charge is 2.30. The Bertz CT molecular complexity index is 511. The Morgan fingerprint density at radius 1 is 1.16 bits per heavy atom. The lowest BCUT2D eigenvalue weighted by atomic mass is 10.0. The maximum absolute atomic E-state index is 12.7. The first-order valence-corrected chi connectivity index (χ1v) is 9.17. The smallest absolute Gasteiger partial charge is 0.334 e. The number of β-amino-alcohol motifs (C(OH)–C–C–N with tert-alkyl or cyclic N) is 1. The lowest BCUT2D eigenvalue weighted by Gasteiger charge is -2.39. The first-order valence-electron chi connectivity index (χ1n) is 9.17. The minimum absolute atomic E-state index is 0.230. The van der Waals surface area contributed by atoms with Crippen LogP contribution in [0, 0.1) is 5.92 Å². The summed E-state index contributed by atoms with van der Waals surface area (Å²) in [5.74, 6) is 6.45. The Morgan fingerprint density at radius 3 is 2.28 bits per heavy atom. The molecule has 1 rings (SSSR count). The van der Waals surface area contributed by atoms with Crippen LogP contribution in [0.4, 0.5) is 4.79 Å². The Morgan fingerprint density at radius 2 is 1.76 bits per heavy atom. The Kier molecular flexibility index (Phi) is 8.39. The summed E-state index contributed by atoms with van der Waals surface area (Å²) >= 11 is 0. The number of hydrogen-bond acceptors (Lipinski definition) is 3. The summed E-state index contributed by atoms with van der Waals surface area (Å²) in [6.07, 6.45) is 1.67. The fraction of sp³-hybridized carbons (Fsp3) is 0.650. The van der Waals surface area contributed by atoms with Crippen molar-refractivity contribution >= 4 is 6.03 Å². The van der Waals surface area contributed by atoms with Gasteiger partial charge in [-0.25, -0.2) is 10.6 Å². The van der Waals surface area contributed by atoms with E-state index in [1.807, 2.05) is 51.1 Å². The van der Waals surface area contributed by atoms with Gasteiger partial charge in [0.25, 0.3) is 0 Å². The van der Waals surface area contributed by atoms with E-state index in [9.17, 15) is 9.90 Å². The normalized spacial score (nSPS) is 13.0. The molecule has 0 aliphatic rings. The van der Waals surface area contributed by atoms with E-state index in [2.05, 4.69) is 13.8 Å². The van der Waals surface area contributed by atoms with E-state index in [1.54, 1.807) is 4.90 Å². The van der Waals surface area contributed by atoms with Crippen LogP contribution in [0.2, 0.25) is 0 Å². The number of nitrogens with zero attached hydrogens (tertiary/aromatic N) is 2. The predicted molar refractivity (Wildman–Crippen MR) is 103 cm³/mol. The summed E-state index contributed by atoms with van der Waals surface area (Å²) in [7, 11) is 0. The van der Waals surface area contributed by atoms with Gasteiger partial charge in [0, 0.05) is 18.6 Å². The lowest BCUT2D eigenvalue weighted by molar-refractivity contribution is 0.0583. The molecule has 25 heavy (non-hydrogen) atoms. The summed E-state index contributed by atoms with van der Waals surface area (Å²) in [5, 5.41) is 11.7. The molecule has 5 nitrogen and oxygen atoms in total. The molecule has 142 valence electrons. The highest BCUT2D eigenvalue weighted by atomic mass is 16.3.